The molecule has 0 saturated heterocycles. The maximum atomic E-state index is 12.0. The van der Waals surface area contributed by atoms with E-state index in [4.69, 9.17) is 10.5 Å². The standard InChI is InChI=1S/C12H16N2O4/c1-7(12(16)18-3)14-11(15)10-8(13)5-4-6-9(10)17-2/h4-7H,13H2,1-3H3,(H,14,15). The molecule has 0 bridgehead atoms. The molecule has 1 unspecified atom stereocenters. The first kappa shape index (κ1) is 13.8. The van der Waals surface area contributed by atoms with Gasteiger partial charge in [-0.05, 0) is 19.1 Å². The number of nitrogens with two attached hydrogens (primary N) is 1. The zero-order chi connectivity index (χ0) is 13.7. The van der Waals surface area contributed by atoms with Crippen molar-refractivity contribution < 1.29 is 19.1 Å². The second kappa shape index (κ2) is 5.90. The van der Waals surface area contributed by atoms with E-state index < -0.39 is 17.9 Å². The van der Waals surface area contributed by atoms with E-state index in [0.29, 0.717) is 5.75 Å². The molecule has 0 radical (unpaired) electrons. The van der Waals surface area contributed by atoms with Gasteiger partial charge in [0.15, 0.2) is 0 Å². The number of rotatable bonds is 4. The molecule has 0 spiro atoms. The lowest BCUT2D eigenvalue weighted by Crippen LogP contribution is -2.39. The summed E-state index contributed by atoms with van der Waals surface area (Å²) in [6.07, 6.45) is 0. The molecule has 1 aromatic carbocycles. The summed E-state index contributed by atoms with van der Waals surface area (Å²) in [6.45, 7) is 1.52. The predicted octanol–water partition coefficient (Wildman–Crippen LogP) is 0.569. The fraction of sp³-hybridized carbons (Fsp3) is 0.333. The van der Waals surface area contributed by atoms with Crippen LogP contribution in [0.3, 0.4) is 0 Å². The average molecular weight is 252 g/mol. The number of nitrogen functional groups attached to an aromatic ring is 1. The van der Waals surface area contributed by atoms with Gasteiger partial charge in [0.1, 0.15) is 17.4 Å². The van der Waals surface area contributed by atoms with Crippen LogP contribution in [0.4, 0.5) is 5.69 Å². The Morgan fingerprint density at radius 3 is 2.56 bits per heavy atom. The molecule has 0 heterocycles. The van der Waals surface area contributed by atoms with Crippen LogP contribution in [0, 0.1) is 0 Å². The Labute approximate surface area is 105 Å². The lowest BCUT2D eigenvalue weighted by atomic mass is 10.1. The third kappa shape index (κ3) is 2.91. The number of amides is 1. The van der Waals surface area contributed by atoms with E-state index in [1.165, 1.54) is 21.1 Å². The van der Waals surface area contributed by atoms with E-state index in [9.17, 15) is 9.59 Å². The molecular formula is C12H16N2O4. The highest BCUT2D eigenvalue weighted by Crippen LogP contribution is 2.23. The quantitative estimate of drug-likeness (QED) is 0.604. The van der Waals surface area contributed by atoms with Crippen LogP contribution < -0.4 is 15.8 Å². The summed E-state index contributed by atoms with van der Waals surface area (Å²) in [4.78, 5) is 23.2. The molecule has 18 heavy (non-hydrogen) atoms. The number of nitrogens with one attached hydrogen (secondary N) is 1. The summed E-state index contributed by atoms with van der Waals surface area (Å²) in [7, 11) is 2.69. The number of methoxy groups -OCH3 is 2. The molecule has 0 aliphatic carbocycles. The minimum absolute atomic E-state index is 0.204. The van der Waals surface area contributed by atoms with E-state index >= 15 is 0 Å². The lowest BCUT2D eigenvalue weighted by molar-refractivity contribution is -0.142. The summed E-state index contributed by atoms with van der Waals surface area (Å²) in [5.41, 5.74) is 6.21. The molecule has 0 fully saturated rings. The lowest BCUT2D eigenvalue weighted by Gasteiger charge is -2.14. The molecule has 6 nitrogen and oxygen atoms in total. The predicted molar refractivity (Wildman–Crippen MR) is 66.4 cm³/mol. The van der Waals surface area contributed by atoms with E-state index in [1.54, 1.807) is 18.2 Å². The number of carbonyl (C=O) groups excluding carboxylic acids is 2. The van der Waals surface area contributed by atoms with Crippen molar-refractivity contribution in [2.75, 3.05) is 20.0 Å². The molecule has 6 heteroatoms. The van der Waals surface area contributed by atoms with Crippen LogP contribution >= 0.6 is 0 Å². The summed E-state index contributed by atoms with van der Waals surface area (Å²) in [5, 5.41) is 2.49. The Kier molecular flexibility index (Phi) is 4.53. The zero-order valence-electron chi connectivity index (χ0n) is 10.5. The molecule has 0 aliphatic heterocycles. The van der Waals surface area contributed by atoms with Gasteiger partial charge in [-0.2, -0.15) is 0 Å². The topological polar surface area (TPSA) is 90.7 Å². The molecule has 98 valence electrons. The minimum Gasteiger partial charge on any atom is -0.496 e. The Morgan fingerprint density at radius 1 is 1.33 bits per heavy atom. The molecule has 0 aromatic heterocycles. The Morgan fingerprint density at radius 2 is 2.00 bits per heavy atom. The van der Waals surface area contributed by atoms with Crippen LogP contribution in [0.25, 0.3) is 0 Å². The van der Waals surface area contributed by atoms with Gasteiger partial charge in [-0.1, -0.05) is 6.07 Å². The molecule has 0 aliphatic rings. The molecular weight excluding hydrogens is 236 g/mol. The first-order valence-corrected chi connectivity index (χ1v) is 5.32. The van der Waals surface area contributed by atoms with Crippen LogP contribution in [-0.4, -0.2) is 32.1 Å². The fourth-order valence-electron chi connectivity index (χ4n) is 1.47. The van der Waals surface area contributed by atoms with Crippen molar-refractivity contribution in [2.24, 2.45) is 0 Å². The molecule has 1 amide bonds. The maximum Gasteiger partial charge on any atom is 0.328 e. The van der Waals surface area contributed by atoms with Crippen LogP contribution in [-0.2, 0) is 9.53 Å². The molecule has 1 aromatic rings. The van der Waals surface area contributed by atoms with Gasteiger partial charge in [0.2, 0.25) is 0 Å². The van der Waals surface area contributed by atoms with Crippen LogP contribution in [0.5, 0.6) is 5.75 Å². The molecule has 3 N–H and O–H groups in total. The van der Waals surface area contributed by atoms with Crippen LogP contribution in [0.1, 0.15) is 17.3 Å². The van der Waals surface area contributed by atoms with E-state index in [0.717, 1.165) is 0 Å². The molecule has 1 rings (SSSR count). The monoisotopic (exact) mass is 252 g/mol. The number of anilines is 1. The van der Waals surface area contributed by atoms with E-state index in [1.807, 2.05) is 0 Å². The van der Waals surface area contributed by atoms with Gasteiger partial charge in [-0.25, -0.2) is 4.79 Å². The molecule has 0 saturated carbocycles. The first-order chi connectivity index (χ1) is 8.51. The highest BCUT2D eigenvalue weighted by atomic mass is 16.5. The van der Waals surface area contributed by atoms with Crippen molar-refractivity contribution in [1.82, 2.24) is 5.32 Å². The average Bonchev–Trinajstić information content (AvgIpc) is 2.36. The summed E-state index contributed by atoms with van der Waals surface area (Å²) >= 11 is 0. The van der Waals surface area contributed by atoms with Gasteiger partial charge in [0.05, 0.1) is 14.2 Å². The Hall–Kier alpha value is -2.24. The van der Waals surface area contributed by atoms with Gasteiger partial charge in [-0.15, -0.1) is 0 Å². The van der Waals surface area contributed by atoms with E-state index in [2.05, 4.69) is 10.1 Å². The van der Waals surface area contributed by atoms with Gasteiger partial charge < -0.3 is 20.5 Å². The summed E-state index contributed by atoms with van der Waals surface area (Å²) in [6, 6.07) is 4.12. The van der Waals surface area contributed by atoms with Crippen molar-refractivity contribution in [2.45, 2.75) is 13.0 Å². The zero-order valence-corrected chi connectivity index (χ0v) is 10.5. The third-order valence-electron chi connectivity index (χ3n) is 2.41. The first-order valence-electron chi connectivity index (χ1n) is 5.32. The molecule has 1 atom stereocenters. The van der Waals surface area contributed by atoms with Gasteiger partial charge in [0.25, 0.3) is 5.91 Å². The summed E-state index contributed by atoms with van der Waals surface area (Å²) < 4.78 is 9.58. The van der Waals surface area contributed by atoms with Crippen molar-refractivity contribution >= 4 is 17.6 Å². The summed E-state index contributed by atoms with van der Waals surface area (Å²) in [5.74, 6) is -0.663. The number of esters is 1. The van der Waals surface area contributed by atoms with Gasteiger partial charge >= 0.3 is 5.97 Å². The fourth-order valence-corrected chi connectivity index (χ4v) is 1.47. The number of hydrogen-bond acceptors (Lipinski definition) is 5. The number of benzene rings is 1. The Balaban J connectivity index is 2.94. The third-order valence-corrected chi connectivity index (χ3v) is 2.41. The van der Waals surface area contributed by atoms with Gasteiger partial charge in [0, 0.05) is 5.69 Å². The largest absolute Gasteiger partial charge is 0.496 e. The number of hydrogen-bond donors (Lipinski definition) is 2. The van der Waals surface area contributed by atoms with Crippen molar-refractivity contribution in [3.63, 3.8) is 0 Å². The van der Waals surface area contributed by atoms with Gasteiger partial charge in [-0.3, -0.25) is 4.79 Å². The highest BCUT2D eigenvalue weighted by molar-refractivity contribution is 6.03. The number of ether oxygens (including phenoxy) is 2. The Bertz CT molecular complexity index is 459. The van der Waals surface area contributed by atoms with Crippen molar-refractivity contribution in [3.8, 4) is 5.75 Å². The van der Waals surface area contributed by atoms with Crippen LogP contribution in [0.2, 0.25) is 0 Å². The maximum absolute atomic E-state index is 12.0. The van der Waals surface area contributed by atoms with E-state index in [-0.39, 0.29) is 11.3 Å². The minimum atomic E-state index is -0.758. The second-order valence-corrected chi connectivity index (χ2v) is 3.64. The smallest absolute Gasteiger partial charge is 0.328 e. The van der Waals surface area contributed by atoms with Crippen molar-refractivity contribution in [1.29, 1.82) is 0 Å². The van der Waals surface area contributed by atoms with Crippen molar-refractivity contribution in [3.05, 3.63) is 23.8 Å². The second-order valence-electron chi connectivity index (χ2n) is 3.64. The SMILES string of the molecule is COC(=O)C(C)NC(=O)c1c(N)cccc1OC. The number of carbonyl (C=O) groups is 2. The normalized spacial score (nSPS) is 11.5. The van der Waals surface area contributed by atoms with Crippen LogP contribution in [0.15, 0.2) is 18.2 Å². The highest BCUT2D eigenvalue weighted by Gasteiger charge is 2.21.